The van der Waals surface area contributed by atoms with E-state index in [1.54, 1.807) is 0 Å². The normalized spacial score (nSPS) is 17.8. The second-order valence-corrected chi connectivity index (χ2v) is 4.10. The molecule has 1 aromatic heterocycles. The molecule has 0 bridgehead atoms. The molecule has 96 valence electrons. The largest absolute Gasteiger partial charge is 0.480 e. The number of aromatic amines is 1. The van der Waals surface area contributed by atoms with Crippen LogP contribution in [0.4, 0.5) is 0 Å². The number of para-hydroxylation sites is 1. The van der Waals surface area contributed by atoms with Gasteiger partial charge in [-0.15, -0.1) is 0 Å². The minimum Gasteiger partial charge on any atom is -0.480 e. The summed E-state index contributed by atoms with van der Waals surface area (Å²) in [5.74, 6) is -0.782. The molecule has 1 aliphatic heterocycles. The van der Waals surface area contributed by atoms with Crippen LogP contribution in [0.5, 0.6) is 0 Å². The van der Waals surface area contributed by atoms with Crippen LogP contribution in [0.1, 0.15) is 25.1 Å². The fourth-order valence-electron chi connectivity index (χ4n) is 2.32. The Labute approximate surface area is 106 Å². The maximum absolute atomic E-state index is 10.9. The number of benzene rings is 1. The third kappa shape index (κ3) is 2.11. The van der Waals surface area contributed by atoms with Crippen LogP contribution in [0.3, 0.4) is 0 Å². The molecule has 0 aliphatic carbocycles. The molecule has 0 radical (unpaired) electrons. The lowest BCUT2D eigenvalue weighted by Crippen LogP contribution is -2.41. The lowest BCUT2D eigenvalue weighted by atomic mass is 9.99. The van der Waals surface area contributed by atoms with E-state index in [0.29, 0.717) is 13.0 Å². The zero-order valence-electron chi connectivity index (χ0n) is 10.7. The molecule has 0 saturated heterocycles. The third-order valence-corrected chi connectivity index (χ3v) is 3.13. The highest BCUT2D eigenvalue weighted by atomic mass is 16.4. The van der Waals surface area contributed by atoms with Crippen LogP contribution < -0.4 is 5.32 Å². The van der Waals surface area contributed by atoms with Gasteiger partial charge in [-0.2, -0.15) is 0 Å². The monoisotopic (exact) mass is 246 g/mol. The predicted octanol–water partition coefficient (Wildman–Crippen LogP) is 2.29. The molecule has 0 spiro atoms. The number of aromatic nitrogens is 1. The summed E-state index contributed by atoms with van der Waals surface area (Å²) in [5, 5.41) is 13.1. The Kier molecular flexibility index (Phi) is 3.67. The Morgan fingerprint density at radius 3 is 2.78 bits per heavy atom. The Balaban J connectivity index is 0.000000574. The van der Waals surface area contributed by atoms with Crippen molar-refractivity contribution in [3.63, 3.8) is 0 Å². The summed E-state index contributed by atoms with van der Waals surface area (Å²) in [6, 6.07) is 7.55. The lowest BCUT2D eigenvalue weighted by molar-refractivity contribution is -0.139. The number of nitrogens with one attached hydrogen (secondary N) is 2. The van der Waals surface area contributed by atoms with E-state index in [1.165, 1.54) is 0 Å². The number of aliphatic carboxylic acids is 1. The number of carbonyl (C=O) groups is 1. The second kappa shape index (κ2) is 5.23. The molecule has 2 aromatic rings. The van der Waals surface area contributed by atoms with Crippen molar-refractivity contribution in [3.8, 4) is 0 Å². The van der Waals surface area contributed by atoms with Crippen molar-refractivity contribution in [1.82, 2.24) is 10.3 Å². The maximum Gasteiger partial charge on any atom is 0.321 e. The quantitative estimate of drug-likeness (QED) is 0.723. The summed E-state index contributed by atoms with van der Waals surface area (Å²) in [6.45, 7) is 4.60. The number of carboxylic acids is 1. The minimum atomic E-state index is -0.782. The van der Waals surface area contributed by atoms with E-state index >= 15 is 0 Å². The van der Waals surface area contributed by atoms with E-state index in [2.05, 4.69) is 10.3 Å². The summed E-state index contributed by atoms with van der Waals surface area (Å²) in [6.07, 6.45) is 0.550. The van der Waals surface area contributed by atoms with Gasteiger partial charge < -0.3 is 10.1 Å². The summed E-state index contributed by atoms with van der Waals surface area (Å²) in [7, 11) is 0. The van der Waals surface area contributed by atoms with Gasteiger partial charge in [-0.25, -0.2) is 0 Å². The third-order valence-electron chi connectivity index (χ3n) is 3.13. The van der Waals surface area contributed by atoms with Gasteiger partial charge >= 0.3 is 5.97 Å². The van der Waals surface area contributed by atoms with E-state index in [4.69, 9.17) is 5.11 Å². The van der Waals surface area contributed by atoms with Crippen LogP contribution in [0, 0.1) is 0 Å². The summed E-state index contributed by atoms with van der Waals surface area (Å²) >= 11 is 0. The first-order chi connectivity index (χ1) is 8.75. The average Bonchev–Trinajstić information content (AvgIpc) is 2.78. The van der Waals surface area contributed by atoms with Crippen molar-refractivity contribution in [2.75, 3.05) is 0 Å². The highest BCUT2D eigenvalue weighted by Crippen LogP contribution is 2.26. The highest BCUT2D eigenvalue weighted by Gasteiger charge is 2.26. The summed E-state index contributed by atoms with van der Waals surface area (Å²) in [4.78, 5) is 14.3. The Bertz CT molecular complexity index is 560. The van der Waals surface area contributed by atoms with Gasteiger partial charge in [0.1, 0.15) is 6.04 Å². The fraction of sp³-hybridized carbons (Fsp3) is 0.357. The number of rotatable bonds is 1. The van der Waals surface area contributed by atoms with Crippen molar-refractivity contribution >= 4 is 16.9 Å². The molecule has 3 N–H and O–H groups in total. The minimum absolute atomic E-state index is 0.466. The van der Waals surface area contributed by atoms with Gasteiger partial charge in [0.15, 0.2) is 0 Å². The first-order valence-electron chi connectivity index (χ1n) is 6.30. The van der Waals surface area contributed by atoms with Crippen molar-refractivity contribution in [2.45, 2.75) is 32.9 Å². The van der Waals surface area contributed by atoms with Crippen LogP contribution in [0.15, 0.2) is 24.3 Å². The van der Waals surface area contributed by atoms with Gasteiger partial charge in [0.25, 0.3) is 0 Å². The second-order valence-electron chi connectivity index (χ2n) is 4.10. The Hall–Kier alpha value is -1.81. The van der Waals surface area contributed by atoms with E-state index in [1.807, 2.05) is 38.1 Å². The topological polar surface area (TPSA) is 65.1 Å². The van der Waals surface area contributed by atoms with Gasteiger partial charge in [-0.1, -0.05) is 32.0 Å². The van der Waals surface area contributed by atoms with Gasteiger partial charge in [0, 0.05) is 29.6 Å². The summed E-state index contributed by atoms with van der Waals surface area (Å²) in [5.41, 5.74) is 3.33. The zero-order chi connectivity index (χ0) is 13.1. The number of H-pyrrole nitrogens is 1. The Morgan fingerprint density at radius 1 is 1.33 bits per heavy atom. The molecular formula is C14H18N2O2. The SMILES string of the molecule is CC.O=C(O)C1Cc2c([nH]c3ccccc23)CN1. The first-order valence-corrected chi connectivity index (χ1v) is 6.30. The van der Waals surface area contributed by atoms with Crippen LogP contribution in [0.2, 0.25) is 0 Å². The average molecular weight is 246 g/mol. The van der Waals surface area contributed by atoms with Crippen molar-refractivity contribution < 1.29 is 9.90 Å². The predicted molar refractivity (Wildman–Crippen MR) is 71.6 cm³/mol. The van der Waals surface area contributed by atoms with Crippen molar-refractivity contribution in [3.05, 3.63) is 35.5 Å². The molecule has 1 aromatic carbocycles. The van der Waals surface area contributed by atoms with Gasteiger partial charge in [0.05, 0.1) is 0 Å². The molecule has 3 rings (SSSR count). The van der Waals surface area contributed by atoms with Crippen molar-refractivity contribution in [1.29, 1.82) is 0 Å². The number of carboxylic acid groups (broad SMARTS) is 1. The molecule has 1 unspecified atom stereocenters. The van der Waals surface area contributed by atoms with Gasteiger partial charge in [-0.05, 0) is 11.6 Å². The lowest BCUT2D eigenvalue weighted by Gasteiger charge is -2.20. The van der Waals surface area contributed by atoms with E-state index in [0.717, 1.165) is 22.2 Å². The highest BCUT2D eigenvalue weighted by molar-refractivity contribution is 5.86. The van der Waals surface area contributed by atoms with E-state index < -0.39 is 12.0 Å². The maximum atomic E-state index is 10.9. The van der Waals surface area contributed by atoms with Crippen LogP contribution in [-0.2, 0) is 17.8 Å². The first kappa shape index (κ1) is 12.6. The molecule has 0 fully saturated rings. The molecule has 4 nitrogen and oxygen atoms in total. The van der Waals surface area contributed by atoms with Crippen molar-refractivity contribution in [2.24, 2.45) is 0 Å². The molecule has 0 amide bonds. The fourth-order valence-corrected chi connectivity index (χ4v) is 2.32. The van der Waals surface area contributed by atoms with Crippen LogP contribution in [-0.4, -0.2) is 22.1 Å². The molecule has 0 saturated carbocycles. The van der Waals surface area contributed by atoms with Crippen LogP contribution in [0.25, 0.3) is 10.9 Å². The number of fused-ring (bicyclic) bond motifs is 3. The zero-order valence-corrected chi connectivity index (χ0v) is 10.7. The van der Waals surface area contributed by atoms with Crippen LogP contribution >= 0.6 is 0 Å². The molecule has 18 heavy (non-hydrogen) atoms. The van der Waals surface area contributed by atoms with Gasteiger partial charge in [0.2, 0.25) is 0 Å². The Morgan fingerprint density at radius 2 is 2.06 bits per heavy atom. The number of hydrogen-bond acceptors (Lipinski definition) is 2. The van der Waals surface area contributed by atoms with E-state index in [-0.39, 0.29) is 0 Å². The molecular weight excluding hydrogens is 228 g/mol. The van der Waals surface area contributed by atoms with E-state index in [9.17, 15) is 4.79 Å². The molecule has 2 heterocycles. The van der Waals surface area contributed by atoms with Gasteiger partial charge in [-0.3, -0.25) is 10.1 Å². The molecule has 4 heteroatoms. The molecule has 1 atom stereocenters. The smallest absolute Gasteiger partial charge is 0.321 e. The standard InChI is InChI=1S/C12H12N2O2.C2H6/c15-12(16)10-5-8-7-3-1-2-4-9(7)14-11(8)6-13-10;1-2/h1-4,10,13-14H,5-6H2,(H,15,16);1-2H3. The number of hydrogen-bond donors (Lipinski definition) is 3. The molecule has 1 aliphatic rings. The summed E-state index contributed by atoms with van der Waals surface area (Å²) < 4.78 is 0.